The van der Waals surface area contributed by atoms with Crippen LogP contribution in [0.2, 0.25) is 0 Å². The van der Waals surface area contributed by atoms with Crippen molar-refractivity contribution in [3.8, 4) is 17.3 Å². The van der Waals surface area contributed by atoms with Gasteiger partial charge in [-0.05, 0) is 19.9 Å². The highest BCUT2D eigenvalue weighted by atomic mass is 32.2. The molecule has 0 unspecified atom stereocenters. The fourth-order valence-corrected chi connectivity index (χ4v) is 2.99. The van der Waals surface area contributed by atoms with Gasteiger partial charge in [0, 0.05) is 25.9 Å². The molecule has 1 N–H and O–H groups in total. The van der Waals surface area contributed by atoms with Crippen molar-refractivity contribution in [1.82, 2.24) is 34.3 Å². The molecule has 0 radical (unpaired) electrons. The molecule has 0 saturated heterocycles. The summed E-state index contributed by atoms with van der Waals surface area (Å²) in [5.74, 6) is 0.301. The highest BCUT2D eigenvalue weighted by Gasteiger charge is 2.21. The zero-order chi connectivity index (χ0) is 17.3. The maximum absolute atomic E-state index is 10.9. The fraction of sp³-hybridized carbons (Fsp3) is 0.357. The van der Waals surface area contributed by atoms with Crippen LogP contribution in [-0.2, 0) is 18.4 Å². The molecular formula is C14H17N7O2S. The molecule has 0 aliphatic heterocycles. The van der Waals surface area contributed by atoms with E-state index >= 15 is 0 Å². The molecule has 0 aromatic carbocycles. The smallest absolute Gasteiger partial charge is 0.313 e. The first kappa shape index (κ1) is 16.2. The Morgan fingerprint density at radius 2 is 2.12 bits per heavy atom. The molecule has 0 bridgehead atoms. The third-order valence-corrected chi connectivity index (χ3v) is 4.27. The summed E-state index contributed by atoms with van der Waals surface area (Å²) in [5, 5.41) is 26.6. The lowest BCUT2D eigenvalue weighted by Gasteiger charge is -2.08. The van der Waals surface area contributed by atoms with E-state index in [1.807, 2.05) is 39.2 Å². The van der Waals surface area contributed by atoms with Gasteiger partial charge in [-0.1, -0.05) is 11.8 Å². The maximum atomic E-state index is 10.9. The van der Waals surface area contributed by atoms with Crippen molar-refractivity contribution >= 4 is 17.7 Å². The average Bonchev–Trinajstić information content (AvgIpc) is 3.22. The second-order valence-electron chi connectivity index (χ2n) is 5.15. The summed E-state index contributed by atoms with van der Waals surface area (Å²) >= 11 is 1.11. The number of aromatic nitrogens is 7. The van der Waals surface area contributed by atoms with E-state index in [4.69, 9.17) is 5.11 Å². The highest BCUT2D eigenvalue weighted by Crippen LogP contribution is 2.27. The van der Waals surface area contributed by atoms with E-state index in [1.54, 1.807) is 13.9 Å². The molecule has 0 aliphatic carbocycles. The van der Waals surface area contributed by atoms with Gasteiger partial charge in [-0.25, -0.2) is 0 Å². The Kier molecular flexibility index (Phi) is 4.38. The van der Waals surface area contributed by atoms with Gasteiger partial charge in [-0.3, -0.25) is 18.7 Å². The summed E-state index contributed by atoms with van der Waals surface area (Å²) < 4.78 is 5.30. The standard InChI is InChI=1S/C14H17N7O2S/c1-4-20-6-5-10(18-20)13-15-16-14(24-8-12(22)23)21(13)11-7-9(2)17-19(11)3/h5-7H,4,8H2,1-3H3,(H,22,23). The van der Waals surface area contributed by atoms with Crippen LogP contribution in [0.4, 0.5) is 0 Å². The third kappa shape index (κ3) is 3.04. The van der Waals surface area contributed by atoms with Crippen molar-refractivity contribution in [3.05, 3.63) is 24.0 Å². The Hall–Kier alpha value is -2.62. The normalized spacial score (nSPS) is 11.1. The molecule has 3 aromatic heterocycles. The summed E-state index contributed by atoms with van der Waals surface area (Å²) in [5.41, 5.74) is 1.52. The van der Waals surface area contributed by atoms with E-state index in [9.17, 15) is 4.79 Å². The van der Waals surface area contributed by atoms with Gasteiger partial charge >= 0.3 is 5.97 Å². The minimum atomic E-state index is -0.910. The van der Waals surface area contributed by atoms with Gasteiger partial charge < -0.3 is 5.11 Å². The first-order valence-corrected chi connectivity index (χ1v) is 8.33. The minimum Gasteiger partial charge on any atom is -0.481 e. The Morgan fingerprint density at radius 1 is 1.33 bits per heavy atom. The summed E-state index contributed by atoms with van der Waals surface area (Å²) in [4.78, 5) is 10.9. The second kappa shape index (κ2) is 6.48. The van der Waals surface area contributed by atoms with E-state index in [1.165, 1.54) is 0 Å². The van der Waals surface area contributed by atoms with Gasteiger partial charge in [-0.2, -0.15) is 10.2 Å². The van der Waals surface area contributed by atoms with Crippen LogP contribution in [0.15, 0.2) is 23.5 Å². The lowest BCUT2D eigenvalue weighted by molar-refractivity contribution is -0.133. The average molecular weight is 347 g/mol. The topological polar surface area (TPSA) is 104 Å². The van der Waals surface area contributed by atoms with Crippen LogP contribution < -0.4 is 0 Å². The molecule has 0 spiro atoms. The van der Waals surface area contributed by atoms with E-state index in [-0.39, 0.29) is 5.75 Å². The lowest BCUT2D eigenvalue weighted by atomic mass is 10.4. The molecule has 3 aromatic rings. The van der Waals surface area contributed by atoms with Gasteiger partial charge in [0.2, 0.25) is 0 Å². The Labute approximate surface area is 142 Å². The molecule has 24 heavy (non-hydrogen) atoms. The number of thioether (sulfide) groups is 1. The highest BCUT2D eigenvalue weighted by molar-refractivity contribution is 7.99. The summed E-state index contributed by atoms with van der Waals surface area (Å²) in [6, 6.07) is 3.76. The molecule has 0 amide bonds. The fourth-order valence-electron chi connectivity index (χ4n) is 2.33. The van der Waals surface area contributed by atoms with E-state index in [0.717, 1.165) is 29.8 Å². The molecule has 126 valence electrons. The number of nitrogens with zero attached hydrogens (tertiary/aromatic N) is 7. The SMILES string of the molecule is CCn1ccc(-c2nnc(SCC(=O)O)n2-c2cc(C)nn2C)n1. The monoisotopic (exact) mass is 347 g/mol. The predicted octanol–water partition coefficient (Wildman–Crippen LogP) is 1.37. The quantitative estimate of drug-likeness (QED) is 0.672. The van der Waals surface area contributed by atoms with Gasteiger partial charge in [0.25, 0.3) is 0 Å². The van der Waals surface area contributed by atoms with Crippen LogP contribution in [-0.4, -0.2) is 51.2 Å². The number of carboxylic acids is 1. The van der Waals surface area contributed by atoms with E-state index in [0.29, 0.717) is 16.7 Å². The first-order valence-electron chi connectivity index (χ1n) is 7.34. The molecule has 0 saturated carbocycles. The van der Waals surface area contributed by atoms with Crippen molar-refractivity contribution in [2.75, 3.05) is 5.75 Å². The Bertz CT molecular complexity index is 880. The van der Waals surface area contributed by atoms with Gasteiger partial charge in [0.05, 0.1) is 11.4 Å². The number of hydrogen-bond donors (Lipinski definition) is 1. The predicted molar refractivity (Wildman–Crippen MR) is 88.1 cm³/mol. The number of carbonyl (C=O) groups is 1. The number of hydrogen-bond acceptors (Lipinski definition) is 6. The molecule has 9 nitrogen and oxygen atoms in total. The van der Waals surface area contributed by atoms with Crippen molar-refractivity contribution in [1.29, 1.82) is 0 Å². The molecule has 3 heterocycles. The van der Waals surface area contributed by atoms with Crippen molar-refractivity contribution in [2.45, 2.75) is 25.5 Å². The van der Waals surface area contributed by atoms with Gasteiger partial charge in [0.15, 0.2) is 11.0 Å². The van der Waals surface area contributed by atoms with Crippen LogP contribution in [0.25, 0.3) is 17.3 Å². The first-order chi connectivity index (χ1) is 11.5. The second-order valence-corrected chi connectivity index (χ2v) is 6.09. The van der Waals surface area contributed by atoms with E-state index < -0.39 is 5.97 Å². The zero-order valence-corrected chi connectivity index (χ0v) is 14.4. The van der Waals surface area contributed by atoms with Crippen molar-refractivity contribution < 1.29 is 9.90 Å². The molecule has 10 heteroatoms. The van der Waals surface area contributed by atoms with Crippen LogP contribution in [0.1, 0.15) is 12.6 Å². The van der Waals surface area contributed by atoms with Crippen LogP contribution in [0.5, 0.6) is 0 Å². The van der Waals surface area contributed by atoms with Crippen LogP contribution in [0.3, 0.4) is 0 Å². The Balaban J connectivity index is 2.12. The number of rotatable bonds is 6. The Morgan fingerprint density at radius 3 is 2.71 bits per heavy atom. The molecule has 0 atom stereocenters. The summed E-state index contributed by atoms with van der Waals surface area (Å²) in [6.07, 6.45) is 1.87. The summed E-state index contributed by atoms with van der Waals surface area (Å²) in [7, 11) is 1.82. The third-order valence-electron chi connectivity index (χ3n) is 3.36. The lowest BCUT2D eigenvalue weighted by Crippen LogP contribution is -2.08. The van der Waals surface area contributed by atoms with Gasteiger partial charge in [0.1, 0.15) is 11.5 Å². The maximum Gasteiger partial charge on any atom is 0.313 e. The molecule has 3 rings (SSSR count). The molecular weight excluding hydrogens is 330 g/mol. The minimum absolute atomic E-state index is 0.0988. The van der Waals surface area contributed by atoms with E-state index in [2.05, 4.69) is 20.4 Å². The van der Waals surface area contributed by atoms with Crippen LogP contribution >= 0.6 is 11.8 Å². The molecule has 0 fully saturated rings. The van der Waals surface area contributed by atoms with Crippen molar-refractivity contribution in [2.24, 2.45) is 7.05 Å². The number of aryl methyl sites for hydroxylation is 3. The van der Waals surface area contributed by atoms with Crippen molar-refractivity contribution in [3.63, 3.8) is 0 Å². The summed E-state index contributed by atoms with van der Waals surface area (Å²) in [6.45, 7) is 4.64. The zero-order valence-electron chi connectivity index (χ0n) is 13.5. The largest absolute Gasteiger partial charge is 0.481 e. The molecule has 0 aliphatic rings. The van der Waals surface area contributed by atoms with Crippen LogP contribution in [0, 0.1) is 6.92 Å². The van der Waals surface area contributed by atoms with Gasteiger partial charge in [-0.15, -0.1) is 10.2 Å². The number of aliphatic carboxylic acids is 1. The number of carboxylic acid groups (broad SMARTS) is 1.